The normalized spacial score (nSPS) is 27.7. The van der Waals surface area contributed by atoms with Crippen LogP contribution in [0.2, 0.25) is 0 Å². The molecule has 0 aromatic heterocycles. The van der Waals surface area contributed by atoms with Crippen LogP contribution in [0.25, 0.3) is 0 Å². The summed E-state index contributed by atoms with van der Waals surface area (Å²) >= 11 is 0. The first kappa shape index (κ1) is 13.7. The van der Waals surface area contributed by atoms with Gasteiger partial charge in [0.05, 0.1) is 19.8 Å². The van der Waals surface area contributed by atoms with Crippen LogP contribution in [-0.2, 0) is 14.3 Å². The molecule has 2 heterocycles. The first-order chi connectivity index (χ1) is 8.75. The van der Waals surface area contributed by atoms with Gasteiger partial charge in [0.15, 0.2) is 0 Å². The fourth-order valence-electron chi connectivity index (χ4n) is 2.29. The highest BCUT2D eigenvalue weighted by Gasteiger charge is 2.23. The highest BCUT2D eigenvalue weighted by atomic mass is 16.5. The number of hydrogen-bond acceptors (Lipinski definition) is 5. The van der Waals surface area contributed by atoms with Gasteiger partial charge >= 0.3 is 0 Å². The van der Waals surface area contributed by atoms with Crippen LogP contribution in [-0.4, -0.2) is 75.5 Å². The minimum absolute atomic E-state index is 0.0111. The van der Waals surface area contributed by atoms with Gasteiger partial charge in [-0.25, -0.2) is 0 Å². The first-order valence-electron chi connectivity index (χ1n) is 6.68. The first-order valence-corrected chi connectivity index (χ1v) is 6.68. The molecule has 2 fully saturated rings. The minimum Gasteiger partial charge on any atom is -0.379 e. The molecule has 2 aliphatic heterocycles. The van der Waals surface area contributed by atoms with Crippen molar-refractivity contribution in [1.82, 2.24) is 15.5 Å². The molecule has 0 aromatic rings. The summed E-state index contributed by atoms with van der Waals surface area (Å²) in [5.74, 6) is -0.0111. The zero-order chi connectivity index (χ0) is 12.8. The average molecular weight is 257 g/mol. The van der Waals surface area contributed by atoms with E-state index in [-0.39, 0.29) is 18.1 Å². The maximum absolute atomic E-state index is 11.9. The van der Waals surface area contributed by atoms with Gasteiger partial charge in [-0.3, -0.25) is 9.69 Å². The maximum Gasteiger partial charge on any atom is 0.250 e. The third-order valence-electron chi connectivity index (χ3n) is 3.24. The Balaban J connectivity index is 1.68. The molecular weight excluding hydrogens is 234 g/mol. The van der Waals surface area contributed by atoms with Crippen LogP contribution in [0, 0.1) is 0 Å². The molecule has 18 heavy (non-hydrogen) atoms. The van der Waals surface area contributed by atoms with Crippen molar-refractivity contribution < 1.29 is 14.3 Å². The number of rotatable bonds is 4. The van der Waals surface area contributed by atoms with E-state index in [4.69, 9.17) is 9.47 Å². The molecule has 0 radical (unpaired) electrons. The predicted molar refractivity (Wildman–Crippen MR) is 67.5 cm³/mol. The van der Waals surface area contributed by atoms with Gasteiger partial charge in [-0.1, -0.05) is 0 Å². The monoisotopic (exact) mass is 257 g/mol. The number of ether oxygens (including phenoxy) is 2. The Labute approximate surface area is 108 Å². The summed E-state index contributed by atoms with van der Waals surface area (Å²) in [4.78, 5) is 14.2. The summed E-state index contributed by atoms with van der Waals surface area (Å²) in [6, 6.07) is 0.140. The molecule has 2 aliphatic rings. The van der Waals surface area contributed by atoms with Crippen LogP contribution in [0.3, 0.4) is 0 Å². The fraction of sp³-hybridized carbons (Fsp3) is 0.917. The number of hydrogen-bond donors (Lipinski definition) is 2. The smallest absolute Gasteiger partial charge is 0.250 e. The van der Waals surface area contributed by atoms with Crippen LogP contribution in [0.5, 0.6) is 0 Å². The molecular formula is C12H23N3O3. The lowest BCUT2D eigenvalue weighted by Crippen LogP contribution is -2.52. The molecule has 2 unspecified atom stereocenters. The summed E-state index contributed by atoms with van der Waals surface area (Å²) in [5, 5.41) is 6.17. The molecule has 1 amide bonds. The van der Waals surface area contributed by atoms with E-state index in [1.807, 2.05) is 6.92 Å². The Kier molecular flexibility index (Phi) is 5.37. The Morgan fingerprint density at radius 3 is 2.89 bits per heavy atom. The van der Waals surface area contributed by atoms with E-state index in [1.165, 1.54) is 0 Å². The average Bonchev–Trinajstić information content (AvgIpc) is 2.40. The molecule has 0 aromatic carbocycles. The third kappa shape index (κ3) is 4.20. The van der Waals surface area contributed by atoms with Crippen molar-refractivity contribution >= 4 is 5.91 Å². The maximum atomic E-state index is 11.9. The SMILES string of the molecule is CC(CN1CCOCC1)NC(=O)C1CNCCO1. The summed E-state index contributed by atoms with van der Waals surface area (Å²) in [6.45, 7) is 8.41. The molecule has 6 nitrogen and oxygen atoms in total. The number of nitrogens with zero attached hydrogens (tertiary/aromatic N) is 1. The quantitative estimate of drug-likeness (QED) is 0.663. The summed E-state index contributed by atoms with van der Waals surface area (Å²) in [7, 11) is 0. The Bertz CT molecular complexity index is 263. The van der Waals surface area contributed by atoms with Crippen LogP contribution in [0.4, 0.5) is 0 Å². The van der Waals surface area contributed by atoms with E-state index in [0.29, 0.717) is 13.2 Å². The molecule has 0 aliphatic carbocycles. The second kappa shape index (κ2) is 7.04. The van der Waals surface area contributed by atoms with Crippen LogP contribution < -0.4 is 10.6 Å². The van der Waals surface area contributed by atoms with Crippen LogP contribution in [0.15, 0.2) is 0 Å². The predicted octanol–water partition coefficient (Wildman–Crippen LogP) is -1.19. The summed E-state index contributed by atoms with van der Waals surface area (Å²) in [5.41, 5.74) is 0. The van der Waals surface area contributed by atoms with E-state index >= 15 is 0 Å². The Morgan fingerprint density at radius 2 is 2.22 bits per heavy atom. The van der Waals surface area contributed by atoms with Gasteiger partial charge in [0.2, 0.25) is 0 Å². The van der Waals surface area contributed by atoms with E-state index in [0.717, 1.165) is 39.4 Å². The lowest BCUT2D eigenvalue weighted by molar-refractivity contribution is -0.135. The molecule has 2 N–H and O–H groups in total. The van der Waals surface area contributed by atoms with E-state index < -0.39 is 0 Å². The molecule has 2 saturated heterocycles. The van der Waals surface area contributed by atoms with Crippen molar-refractivity contribution in [3.05, 3.63) is 0 Å². The summed E-state index contributed by atoms with van der Waals surface area (Å²) < 4.78 is 10.7. The molecule has 0 bridgehead atoms. The van der Waals surface area contributed by atoms with E-state index in [1.54, 1.807) is 0 Å². The minimum atomic E-state index is -0.342. The zero-order valence-electron chi connectivity index (χ0n) is 11.0. The van der Waals surface area contributed by atoms with E-state index in [9.17, 15) is 4.79 Å². The zero-order valence-corrected chi connectivity index (χ0v) is 11.0. The highest BCUT2D eigenvalue weighted by molar-refractivity contribution is 5.81. The second-order valence-corrected chi connectivity index (χ2v) is 4.89. The van der Waals surface area contributed by atoms with Crippen LogP contribution in [0.1, 0.15) is 6.92 Å². The van der Waals surface area contributed by atoms with Crippen molar-refractivity contribution in [2.75, 3.05) is 52.5 Å². The highest BCUT2D eigenvalue weighted by Crippen LogP contribution is 2.00. The molecule has 6 heteroatoms. The number of carbonyl (C=O) groups excluding carboxylic acids is 1. The van der Waals surface area contributed by atoms with Gasteiger partial charge < -0.3 is 20.1 Å². The standard InChI is InChI=1S/C12H23N3O3/c1-10(9-15-3-6-17-7-4-15)14-12(16)11-8-13-2-5-18-11/h10-11,13H,2-9H2,1H3,(H,14,16). The van der Waals surface area contributed by atoms with Gasteiger partial charge in [-0.05, 0) is 6.92 Å². The molecule has 104 valence electrons. The van der Waals surface area contributed by atoms with Gasteiger partial charge in [0.1, 0.15) is 6.10 Å². The number of carbonyl (C=O) groups is 1. The van der Waals surface area contributed by atoms with Gasteiger partial charge in [0, 0.05) is 38.8 Å². The molecule has 0 spiro atoms. The number of morpholine rings is 2. The second-order valence-electron chi connectivity index (χ2n) is 4.89. The Morgan fingerprint density at radius 1 is 1.44 bits per heavy atom. The van der Waals surface area contributed by atoms with Crippen LogP contribution >= 0.6 is 0 Å². The van der Waals surface area contributed by atoms with Crippen molar-refractivity contribution in [2.45, 2.75) is 19.1 Å². The van der Waals surface area contributed by atoms with Crippen molar-refractivity contribution in [2.24, 2.45) is 0 Å². The number of nitrogens with one attached hydrogen (secondary N) is 2. The van der Waals surface area contributed by atoms with Gasteiger partial charge in [-0.15, -0.1) is 0 Å². The lowest BCUT2D eigenvalue weighted by atomic mass is 10.2. The third-order valence-corrected chi connectivity index (χ3v) is 3.24. The van der Waals surface area contributed by atoms with E-state index in [2.05, 4.69) is 15.5 Å². The summed E-state index contributed by atoms with van der Waals surface area (Å²) in [6.07, 6.45) is -0.342. The molecule has 2 atom stereocenters. The molecule has 2 rings (SSSR count). The van der Waals surface area contributed by atoms with Gasteiger partial charge in [-0.2, -0.15) is 0 Å². The van der Waals surface area contributed by atoms with Gasteiger partial charge in [0.25, 0.3) is 5.91 Å². The lowest BCUT2D eigenvalue weighted by Gasteiger charge is -2.30. The van der Waals surface area contributed by atoms with Crippen molar-refractivity contribution in [3.63, 3.8) is 0 Å². The Hall–Kier alpha value is -0.690. The fourth-order valence-corrected chi connectivity index (χ4v) is 2.29. The van der Waals surface area contributed by atoms with Crippen molar-refractivity contribution in [3.8, 4) is 0 Å². The number of amides is 1. The van der Waals surface area contributed by atoms with Crippen molar-refractivity contribution in [1.29, 1.82) is 0 Å². The largest absolute Gasteiger partial charge is 0.379 e. The molecule has 0 saturated carbocycles. The topological polar surface area (TPSA) is 62.8 Å².